The van der Waals surface area contributed by atoms with E-state index in [0.717, 1.165) is 19.1 Å². The van der Waals surface area contributed by atoms with Crippen molar-refractivity contribution >= 4 is 46.3 Å². The Balaban J connectivity index is 2.21. The van der Waals surface area contributed by atoms with Gasteiger partial charge in [-0.25, -0.2) is 8.51 Å². The molecule has 198 valence electrons. The van der Waals surface area contributed by atoms with E-state index in [9.17, 15) is 31.2 Å². The van der Waals surface area contributed by atoms with Crippen molar-refractivity contribution in [1.82, 2.24) is 9.21 Å². The van der Waals surface area contributed by atoms with Crippen LogP contribution in [-0.4, -0.2) is 105 Å². The van der Waals surface area contributed by atoms with Crippen molar-refractivity contribution in [2.75, 3.05) is 69.9 Å². The van der Waals surface area contributed by atoms with Gasteiger partial charge in [0.05, 0.1) is 44.3 Å². The Morgan fingerprint density at radius 2 is 1.66 bits per heavy atom. The number of nitro groups is 1. The molecule has 1 atom stereocenters. The molecule has 0 bridgehead atoms. The van der Waals surface area contributed by atoms with E-state index in [-0.39, 0.29) is 28.7 Å². The van der Waals surface area contributed by atoms with Gasteiger partial charge in [0, 0.05) is 44.9 Å². The molecule has 0 aliphatic carbocycles. The Bertz CT molecular complexity index is 1330. The zero-order valence-corrected chi connectivity index (χ0v) is 22.4. The van der Waals surface area contributed by atoms with E-state index in [1.54, 1.807) is 11.2 Å². The predicted octanol–water partition coefficient (Wildman–Crippen LogP) is 0.00132. The molecule has 2 heterocycles. The molecule has 0 radical (unpaired) electrons. The van der Waals surface area contributed by atoms with Crippen LogP contribution in [-0.2, 0) is 38.3 Å². The summed E-state index contributed by atoms with van der Waals surface area (Å²) in [6.07, 6.45) is 1.76. The van der Waals surface area contributed by atoms with E-state index in [1.165, 1.54) is 17.0 Å². The number of nitrogens with zero attached hydrogens (tertiary/aromatic N) is 4. The first kappa shape index (κ1) is 27.8. The maximum absolute atomic E-state index is 14.9. The van der Waals surface area contributed by atoms with Crippen LogP contribution in [0, 0.1) is 17.0 Å². The van der Waals surface area contributed by atoms with Gasteiger partial charge in [0.1, 0.15) is 11.6 Å². The summed E-state index contributed by atoms with van der Waals surface area (Å²) in [4.78, 5) is 15.0. The normalized spacial score (nSPS) is 21.9. The highest BCUT2D eigenvalue weighted by molar-refractivity contribution is 8.01. The monoisotopic (exact) mass is 554 g/mol. The molecule has 0 saturated carbocycles. The summed E-state index contributed by atoms with van der Waals surface area (Å²) in [5, 5.41) is 11.6. The SMILES string of the molecule is CCN1CCN(S2(=O)=C(COS(C)(=O)=O)N(CCOS(C)(=O)=O)c3c(C)cc([N+](=O)[O-])cc32)CC1. The number of benzene rings is 1. The quantitative estimate of drug-likeness (QED) is 0.166. The third-order valence-corrected chi connectivity index (χ3v) is 9.92. The number of anilines is 1. The topological polar surface area (TPSA) is 157 Å². The molecule has 35 heavy (non-hydrogen) atoms. The molecule has 0 aromatic heterocycles. The number of hydrogen-bond acceptors (Lipinski definition) is 11. The highest BCUT2D eigenvalue weighted by Gasteiger charge is 2.42. The molecule has 2 aliphatic heterocycles. The van der Waals surface area contributed by atoms with Crippen LogP contribution >= 0.6 is 0 Å². The van der Waals surface area contributed by atoms with Crippen LogP contribution in [0.2, 0.25) is 0 Å². The van der Waals surface area contributed by atoms with E-state index in [2.05, 4.69) is 4.90 Å². The Morgan fingerprint density at radius 3 is 2.17 bits per heavy atom. The number of fused-ring (bicyclic) bond motifs is 1. The molecule has 1 unspecified atom stereocenters. The van der Waals surface area contributed by atoms with E-state index in [0.29, 0.717) is 37.4 Å². The van der Waals surface area contributed by atoms with Gasteiger partial charge in [0.15, 0.2) is 0 Å². The first-order valence-electron chi connectivity index (χ1n) is 10.8. The van der Waals surface area contributed by atoms with Gasteiger partial charge in [0.25, 0.3) is 25.9 Å². The molecular weight excluding hydrogens is 524 g/mol. The van der Waals surface area contributed by atoms with Crippen LogP contribution in [0.4, 0.5) is 11.4 Å². The zero-order chi connectivity index (χ0) is 26.2. The molecule has 0 N–H and O–H groups in total. The molecular formula is C19H30N4O9S3. The number of nitro benzene ring substituents is 1. The summed E-state index contributed by atoms with van der Waals surface area (Å²) in [6.45, 7) is 5.43. The second kappa shape index (κ2) is 10.3. The van der Waals surface area contributed by atoms with Crippen LogP contribution < -0.4 is 4.90 Å². The minimum absolute atomic E-state index is 0.0866. The molecule has 1 aromatic carbocycles. The lowest BCUT2D eigenvalue weighted by Gasteiger charge is -2.36. The zero-order valence-electron chi connectivity index (χ0n) is 20.0. The van der Waals surface area contributed by atoms with Crippen molar-refractivity contribution in [2.45, 2.75) is 18.7 Å². The molecule has 1 saturated heterocycles. The van der Waals surface area contributed by atoms with E-state index in [4.69, 9.17) is 8.37 Å². The molecule has 0 spiro atoms. The van der Waals surface area contributed by atoms with Gasteiger partial charge in [0.2, 0.25) is 0 Å². The van der Waals surface area contributed by atoms with Gasteiger partial charge in [-0.05, 0) is 19.0 Å². The van der Waals surface area contributed by atoms with Gasteiger partial charge in [-0.2, -0.15) is 16.8 Å². The Kier molecular flexibility index (Phi) is 8.15. The van der Waals surface area contributed by atoms with Gasteiger partial charge in [-0.15, -0.1) is 0 Å². The number of piperazine rings is 1. The second-order valence-corrected chi connectivity index (χ2v) is 14.1. The standard InChI is InChI=1S/C19H30N4O9S3/c1-5-20-6-8-21(9-7-20)35(30)17-13-16(23(24)25)12-15(2)19(17)22(10-11-31-33(3,26)27)18(35)14-32-34(4,28)29/h12-13H,5-11,14H2,1-4H3. The van der Waals surface area contributed by atoms with Gasteiger partial charge in [-0.1, -0.05) is 6.92 Å². The van der Waals surface area contributed by atoms with Crippen molar-refractivity contribution in [1.29, 1.82) is 0 Å². The van der Waals surface area contributed by atoms with Crippen LogP contribution in [0.25, 0.3) is 0 Å². The van der Waals surface area contributed by atoms with E-state index >= 15 is 0 Å². The first-order valence-corrected chi connectivity index (χ1v) is 15.9. The van der Waals surface area contributed by atoms with Gasteiger partial charge >= 0.3 is 0 Å². The van der Waals surface area contributed by atoms with Gasteiger partial charge < -0.3 is 9.80 Å². The largest absolute Gasteiger partial charge is 0.331 e. The minimum Gasteiger partial charge on any atom is -0.331 e. The van der Waals surface area contributed by atoms with Crippen LogP contribution in [0.15, 0.2) is 17.0 Å². The molecule has 16 heteroatoms. The second-order valence-electron chi connectivity index (χ2n) is 8.29. The van der Waals surface area contributed by atoms with E-state index in [1.807, 2.05) is 6.92 Å². The fourth-order valence-corrected chi connectivity index (χ4v) is 8.01. The summed E-state index contributed by atoms with van der Waals surface area (Å²) in [5.74, 6) is 0. The maximum Gasteiger partial charge on any atom is 0.271 e. The number of hydrogen-bond donors (Lipinski definition) is 0. The van der Waals surface area contributed by atoms with Crippen molar-refractivity contribution in [3.63, 3.8) is 0 Å². The number of non-ortho nitro benzene ring substituents is 1. The molecule has 3 rings (SSSR count). The Hall–Kier alpha value is -1.82. The Morgan fingerprint density at radius 1 is 1.06 bits per heavy atom. The average molecular weight is 555 g/mol. The molecule has 1 fully saturated rings. The van der Waals surface area contributed by atoms with Crippen molar-refractivity contribution in [3.05, 3.63) is 27.8 Å². The summed E-state index contributed by atoms with van der Waals surface area (Å²) in [7, 11) is -11.1. The van der Waals surface area contributed by atoms with Crippen LogP contribution in [0.5, 0.6) is 0 Å². The van der Waals surface area contributed by atoms with Crippen LogP contribution in [0.3, 0.4) is 0 Å². The summed E-state index contributed by atoms with van der Waals surface area (Å²) >= 11 is 0. The molecule has 1 aromatic rings. The Labute approximate surface area is 206 Å². The summed E-state index contributed by atoms with van der Waals surface area (Å²) in [6, 6.07) is 2.58. The third kappa shape index (κ3) is 6.12. The molecule has 0 amide bonds. The number of aryl methyl sites for hydroxylation is 1. The predicted molar refractivity (Wildman–Crippen MR) is 132 cm³/mol. The lowest BCUT2D eigenvalue weighted by Crippen LogP contribution is -2.50. The fraction of sp³-hybridized carbons (Fsp3) is 0.632. The molecule has 2 aliphatic rings. The lowest BCUT2D eigenvalue weighted by atomic mass is 10.1. The summed E-state index contributed by atoms with van der Waals surface area (Å²) in [5.41, 5.74) is 0.573. The molecule has 13 nitrogen and oxygen atoms in total. The van der Waals surface area contributed by atoms with Crippen molar-refractivity contribution < 1.29 is 34.3 Å². The minimum atomic E-state index is -3.93. The average Bonchev–Trinajstić information content (AvgIpc) is 3.00. The van der Waals surface area contributed by atoms with Crippen molar-refractivity contribution in [2.24, 2.45) is 0 Å². The van der Waals surface area contributed by atoms with Crippen molar-refractivity contribution in [3.8, 4) is 0 Å². The smallest absolute Gasteiger partial charge is 0.271 e. The van der Waals surface area contributed by atoms with E-state index < -0.39 is 41.5 Å². The number of rotatable bonds is 10. The van der Waals surface area contributed by atoms with Crippen LogP contribution in [0.1, 0.15) is 12.5 Å². The first-order chi connectivity index (χ1) is 16.2. The highest BCUT2D eigenvalue weighted by atomic mass is 32.2. The van der Waals surface area contributed by atoms with Gasteiger partial charge in [-0.3, -0.25) is 18.5 Å². The lowest BCUT2D eigenvalue weighted by molar-refractivity contribution is -0.385. The number of likely N-dealkylation sites (N-methyl/N-ethyl adjacent to an activating group) is 1. The summed E-state index contributed by atoms with van der Waals surface area (Å²) < 4.78 is 73.2. The maximum atomic E-state index is 14.9. The highest BCUT2D eigenvalue weighted by Crippen LogP contribution is 2.41. The fourth-order valence-electron chi connectivity index (χ4n) is 4.21. The third-order valence-electron chi connectivity index (χ3n) is 5.80.